The molecule has 0 aliphatic heterocycles. The van der Waals surface area contributed by atoms with Crippen LogP contribution >= 0.6 is 0 Å². The summed E-state index contributed by atoms with van der Waals surface area (Å²) in [6.45, 7) is 1.75. The zero-order valence-electron chi connectivity index (χ0n) is 16.4. The van der Waals surface area contributed by atoms with Crippen LogP contribution in [0.25, 0.3) is 0 Å². The zero-order valence-corrected chi connectivity index (χ0v) is 17.2. The minimum Gasteiger partial charge on any atom is -0.493 e. The number of halogens is 1. The summed E-state index contributed by atoms with van der Waals surface area (Å²) in [5, 5.41) is 0. The van der Waals surface area contributed by atoms with Crippen molar-refractivity contribution in [1.82, 2.24) is 0 Å². The Hall–Kier alpha value is -3.06. The lowest BCUT2D eigenvalue weighted by Crippen LogP contribution is -2.34. The van der Waals surface area contributed by atoms with Crippen LogP contribution < -0.4 is 13.8 Å². The van der Waals surface area contributed by atoms with Gasteiger partial charge in [0.15, 0.2) is 11.5 Å². The number of hydrogen-bond donors (Lipinski definition) is 0. The predicted molar refractivity (Wildman–Crippen MR) is 110 cm³/mol. The first kappa shape index (κ1) is 20.7. The van der Waals surface area contributed by atoms with Crippen molar-refractivity contribution in [3.05, 3.63) is 84.2 Å². The van der Waals surface area contributed by atoms with E-state index in [4.69, 9.17) is 9.47 Å². The van der Waals surface area contributed by atoms with E-state index in [1.807, 2.05) is 30.3 Å². The highest BCUT2D eigenvalue weighted by molar-refractivity contribution is 7.92. The van der Waals surface area contributed by atoms with Gasteiger partial charge in [-0.15, -0.1) is 0 Å². The summed E-state index contributed by atoms with van der Waals surface area (Å²) in [7, 11) is -1.25. The van der Waals surface area contributed by atoms with Crippen LogP contribution in [0.15, 0.2) is 77.7 Å². The molecule has 0 saturated carbocycles. The molecule has 0 saturated heterocycles. The first-order valence-electron chi connectivity index (χ1n) is 8.96. The predicted octanol–water partition coefficient (Wildman–Crippen LogP) is 4.80. The minimum absolute atomic E-state index is 0.335. The van der Waals surface area contributed by atoms with Crippen molar-refractivity contribution < 1.29 is 22.3 Å². The summed E-state index contributed by atoms with van der Waals surface area (Å²) in [5.74, 6) is 0.0316. The third kappa shape index (κ3) is 4.05. The molecule has 1 atom stereocenters. The van der Waals surface area contributed by atoms with Gasteiger partial charge in [-0.05, 0) is 36.8 Å². The average Bonchev–Trinajstić information content (AvgIpc) is 2.74. The van der Waals surface area contributed by atoms with Gasteiger partial charge in [-0.3, -0.25) is 4.31 Å². The largest absolute Gasteiger partial charge is 0.493 e. The molecule has 0 spiro atoms. The smallest absolute Gasteiger partial charge is 0.267 e. The fraction of sp³-hybridized carbons (Fsp3) is 0.182. The van der Waals surface area contributed by atoms with E-state index in [0.717, 1.165) is 11.6 Å². The summed E-state index contributed by atoms with van der Waals surface area (Å²) in [6.07, 6.45) is 0. The van der Waals surface area contributed by atoms with Crippen LogP contribution in [0.5, 0.6) is 11.5 Å². The van der Waals surface area contributed by atoms with Gasteiger partial charge in [0.25, 0.3) is 10.0 Å². The number of methoxy groups -OCH3 is 2. The standard InChI is InChI=1S/C22H22FNO4S/c1-16(17-9-5-4-6-10-17)24(18-13-14-20(27-2)21(15-18)28-3)29(25,26)22-12-8-7-11-19(22)23/h4-16H,1-3H3/t16-/m0/s1. The van der Waals surface area contributed by atoms with Crippen LogP contribution in [0.2, 0.25) is 0 Å². The molecule has 5 nitrogen and oxygen atoms in total. The molecule has 0 amide bonds. The highest BCUT2D eigenvalue weighted by atomic mass is 32.2. The Morgan fingerprint density at radius 2 is 1.48 bits per heavy atom. The summed E-state index contributed by atoms with van der Waals surface area (Å²) >= 11 is 0. The van der Waals surface area contributed by atoms with Gasteiger partial charge in [0, 0.05) is 6.07 Å². The highest BCUT2D eigenvalue weighted by Crippen LogP contribution is 2.38. The van der Waals surface area contributed by atoms with E-state index in [2.05, 4.69) is 0 Å². The lowest BCUT2D eigenvalue weighted by Gasteiger charge is -2.31. The second kappa shape index (κ2) is 8.53. The van der Waals surface area contributed by atoms with Gasteiger partial charge in [-0.25, -0.2) is 12.8 Å². The average molecular weight is 415 g/mol. The Balaban J connectivity index is 2.21. The number of anilines is 1. The monoisotopic (exact) mass is 415 g/mol. The van der Waals surface area contributed by atoms with Gasteiger partial charge in [0.2, 0.25) is 0 Å². The van der Waals surface area contributed by atoms with Crippen molar-refractivity contribution in [1.29, 1.82) is 0 Å². The molecule has 0 aliphatic carbocycles. The molecule has 3 aromatic carbocycles. The molecule has 152 valence electrons. The summed E-state index contributed by atoms with van der Waals surface area (Å²) in [6, 6.07) is 18.7. The van der Waals surface area contributed by atoms with Crippen LogP contribution in [0.1, 0.15) is 18.5 Å². The minimum atomic E-state index is -4.21. The lowest BCUT2D eigenvalue weighted by molar-refractivity contribution is 0.355. The summed E-state index contributed by atoms with van der Waals surface area (Å²) in [5.41, 5.74) is 1.10. The molecule has 0 aliphatic rings. The van der Waals surface area contributed by atoms with E-state index in [-0.39, 0.29) is 0 Å². The van der Waals surface area contributed by atoms with Crippen molar-refractivity contribution in [2.75, 3.05) is 18.5 Å². The van der Waals surface area contributed by atoms with Crippen molar-refractivity contribution in [2.45, 2.75) is 17.9 Å². The van der Waals surface area contributed by atoms with E-state index in [1.54, 1.807) is 25.1 Å². The van der Waals surface area contributed by atoms with Crippen LogP contribution in [0.3, 0.4) is 0 Å². The van der Waals surface area contributed by atoms with Crippen LogP contribution in [-0.2, 0) is 10.0 Å². The molecule has 0 fully saturated rings. The van der Waals surface area contributed by atoms with Crippen molar-refractivity contribution >= 4 is 15.7 Å². The van der Waals surface area contributed by atoms with E-state index >= 15 is 0 Å². The van der Waals surface area contributed by atoms with E-state index < -0.39 is 26.8 Å². The van der Waals surface area contributed by atoms with Gasteiger partial charge in [-0.2, -0.15) is 0 Å². The fourth-order valence-corrected chi connectivity index (χ4v) is 4.87. The van der Waals surface area contributed by atoms with Gasteiger partial charge < -0.3 is 9.47 Å². The van der Waals surface area contributed by atoms with Crippen LogP contribution in [0, 0.1) is 5.82 Å². The number of sulfonamides is 1. The molecule has 0 aromatic heterocycles. The quantitative estimate of drug-likeness (QED) is 0.556. The molecule has 0 unspecified atom stereocenters. The molecule has 3 aromatic rings. The maximum atomic E-state index is 14.4. The molecule has 29 heavy (non-hydrogen) atoms. The maximum Gasteiger partial charge on any atom is 0.267 e. The van der Waals surface area contributed by atoms with Gasteiger partial charge >= 0.3 is 0 Å². The van der Waals surface area contributed by atoms with E-state index in [9.17, 15) is 12.8 Å². The topological polar surface area (TPSA) is 55.8 Å². The highest BCUT2D eigenvalue weighted by Gasteiger charge is 2.33. The summed E-state index contributed by atoms with van der Waals surface area (Å²) < 4.78 is 53.3. The van der Waals surface area contributed by atoms with E-state index in [1.165, 1.54) is 36.7 Å². The van der Waals surface area contributed by atoms with Gasteiger partial charge in [0.1, 0.15) is 10.7 Å². The van der Waals surface area contributed by atoms with Crippen LogP contribution in [0.4, 0.5) is 10.1 Å². The Kier molecular flexibility index (Phi) is 6.08. The third-order valence-corrected chi connectivity index (χ3v) is 6.56. The van der Waals surface area contributed by atoms with Gasteiger partial charge in [0.05, 0.1) is 25.9 Å². The zero-order chi connectivity index (χ0) is 21.0. The van der Waals surface area contributed by atoms with E-state index in [0.29, 0.717) is 17.2 Å². The number of ether oxygens (including phenoxy) is 2. The Morgan fingerprint density at radius 3 is 2.10 bits per heavy atom. The summed E-state index contributed by atoms with van der Waals surface area (Å²) in [4.78, 5) is -0.391. The molecule has 0 radical (unpaired) electrons. The SMILES string of the molecule is COc1ccc(N([C@@H](C)c2ccccc2)S(=O)(=O)c2ccccc2F)cc1OC. The second-order valence-electron chi connectivity index (χ2n) is 6.36. The normalized spacial score (nSPS) is 12.3. The van der Waals surface area contributed by atoms with Crippen LogP contribution in [-0.4, -0.2) is 22.6 Å². The first-order chi connectivity index (χ1) is 13.9. The molecule has 7 heteroatoms. The first-order valence-corrected chi connectivity index (χ1v) is 10.4. The third-order valence-electron chi connectivity index (χ3n) is 4.63. The molecule has 0 bridgehead atoms. The maximum absolute atomic E-state index is 14.4. The number of benzene rings is 3. The van der Waals surface area contributed by atoms with Crippen molar-refractivity contribution in [2.24, 2.45) is 0 Å². The molecule has 0 N–H and O–H groups in total. The number of hydrogen-bond acceptors (Lipinski definition) is 4. The molecule has 0 heterocycles. The Bertz CT molecular complexity index is 1090. The van der Waals surface area contributed by atoms with Gasteiger partial charge in [-0.1, -0.05) is 42.5 Å². The molecular formula is C22H22FNO4S. The lowest BCUT2D eigenvalue weighted by atomic mass is 10.1. The number of nitrogens with zero attached hydrogens (tertiary/aromatic N) is 1. The van der Waals surface area contributed by atoms with Crippen molar-refractivity contribution in [3.63, 3.8) is 0 Å². The number of rotatable bonds is 7. The Labute approximate surface area is 170 Å². The molecular weight excluding hydrogens is 393 g/mol. The fourth-order valence-electron chi connectivity index (χ4n) is 3.16. The molecule has 3 rings (SSSR count). The van der Waals surface area contributed by atoms with Crippen molar-refractivity contribution in [3.8, 4) is 11.5 Å². The Morgan fingerprint density at radius 1 is 0.862 bits per heavy atom. The second-order valence-corrected chi connectivity index (χ2v) is 8.14.